The van der Waals surface area contributed by atoms with E-state index in [1.54, 1.807) is 36.4 Å². The van der Waals surface area contributed by atoms with Crippen molar-refractivity contribution in [2.45, 2.75) is 25.9 Å². The number of hydrogen-bond donors (Lipinski definition) is 2. The largest absolute Gasteiger partial charge is 0.357 e. The summed E-state index contributed by atoms with van der Waals surface area (Å²) in [4.78, 5) is 41.6. The number of Topliss-reactive ketones (excluding diaryl/α,β-unsaturated/α-hetero) is 2. The number of carbonyl (C=O) groups is 2. The maximum absolute atomic E-state index is 12.5. The van der Waals surface area contributed by atoms with Crippen LogP contribution in [0.25, 0.3) is 11.9 Å². The van der Waals surface area contributed by atoms with Crippen molar-refractivity contribution >= 4 is 34.6 Å². The second-order valence-corrected chi connectivity index (χ2v) is 10.2. The maximum Gasteiger partial charge on any atom is 0.252 e. The van der Waals surface area contributed by atoms with Crippen LogP contribution in [-0.2, 0) is 9.59 Å². The lowest BCUT2D eigenvalue weighted by Gasteiger charge is -2.16. The van der Waals surface area contributed by atoms with E-state index in [1.165, 1.54) is 60.4 Å². The Labute approximate surface area is 284 Å². The van der Waals surface area contributed by atoms with Gasteiger partial charge < -0.3 is 10.6 Å². The molecule has 4 heterocycles. The minimum atomic E-state index is -1.10. The van der Waals surface area contributed by atoms with Gasteiger partial charge in [0.15, 0.2) is 35.3 Å². The lowest BCUT2D eigenvalue weighted by Crippen LogP contribution is -2.22. The van der Waals surface area contributed by atoms with E-state index in [9.17, 15) is 20.1 Å². The molecule has 5 rings (SSSR count). The summed E-state index contributed by atoms with van der Waals surface area (Å²) < 4.78 is 2.48. The number of hydrogen-bond acceptors (Lipinski definition) is 16. The van der Waals surface area contributed by atoms with Gasteiger partial charge in [-0.25, -0.2) is 19.9 Å². The third-order valence-electron chi connectivity index (χ3n) is 6.67. The molecule has 0 amide bonds. The lowest BCUT2D eigenvalue weighted by molar-refractivity contribution is -0.118. The van der Waals surface area contributed by atoms with E-state index in [4.69, 9.17) is 0 Å². The molecule has 0 spiro atoms. The first-order valence-electron chi connectivity index (χ1n) is 14.6. The van der Waals surface area contributed by atoms with Gasteiger partial charge in [-0.05, 0) is 50.2 Å². The summed E-state index contributed by atoms with van der Waals surface area (Å²) in [5.74, 6) is -0.255. The molecule has 4 aromatic heterocycles. The maximum atomic E-state index is 12.5. The van der Waals surface area contributed by atoms with Gasteiger partial charge in [-0.1, -0.05) is 13.2 Å². The number of aromatic nitrogens is 8. The second-order valence-electron chi connectivity index (χ2n) is 10.2. The fraction of sp³-hybridized carbons (Fsp3) is 0.125. The molecule has 0 bridgehead atoms. The van der Waals surface area contributed by atoms with Gasteiger partial charge in [0.2, 0.25) is 0 Å². The highest BCUT2D eigenvalue weighted by molar-refractivity contribution is 5.86. The molecule has 246 valence electrons. The summed E-state index contributed by atoms with van der Waals surface area (Å²) in [6.45, 7) is 10.6. The number of ketones is 2. The smallest absolute Gasteiger partial charge is 0.252 e. The molecule has 0 fully saturated rings. The molecule has 2 unspecified atom stereocenters. The minimum Gasteiger partial charge on any atom is -0.357 e. The van der Waals surface area contributed by atoms with Crippen molar-refractivity contribution in [3.8, 4) is 24.0 Å². The Morgan fingerprint density at radius 1 is 0.700 bits per heavy atom. The monoisotopic (exact) mass is 666 g/mol. The first-order valence-corrected chi connectivity index (χ1v) is 14.6. The van der Waals surface area contributed by atoms with Gasteiger partial charge >= 0.3 is 0 Å². The van der Waals surface area contributed by atoms with Crippen molar-refractivity contribution in [3.63, 3.8) is 0 Å². The van der Waals surface area contributed by atoms with Gasteiger partial charge in [0.1, 0.15) is 23.3 Å². The molecule has 0 radical (unpaired) electrons. The van der Waals surface area contributed by atoms with Gasteiger partial charge in [0.05, 0.1) is 12.4 Å². The average molecular weight is 667 g/mol. The lowest BCUT2D eigenvalue weighted by atomic mass is 10.1. The molecular formula is C32H26N16O2. The summed E-state index contributed by atoms with van der Waals surface area (Å²) in [5, 5.41) is 50.0. The summed E-state index contributed by atoms with van der Waals surface area (Å²) in [5.41, 5.74) is 1.80. The molecule has 18 nitrogen and oxygen atoms in total. The molecule has 0 saturated carbocycles. The third kappa shape index (κ3) is 7.67. The van der Waals surface area contributed by atoms with E-state index in [-0.39, 0.29) is 57.6 Å². The number of anilines is 2. The molecule has 2 N–H and O–H groups in total. The summed E-state index contributed by atoms with van der Waals surface area (Å²) in [6.07, 6.45) is 8.64. The molecule has 0 aliphatic heterocycles. The highest BCUT2D eigenvalue weighted by Gasteiger charge is 2.22. The van der Waals surface area contributed by atoms with Crippen molar-refractivity contribution in [1.29, 1.82) is 10.5 Å². The van der Waals surface area contributed by atoms with Crippen molar-refractivity contribution < 1.29 is 9.59 Å². The number of nitriles is 2. The Hall–Kier alpha value is -7.60. The number of carbonyl (C=O) groups excluding carboxylic acids is 2. The molecule has 5 aromatic rings. The zero-order valence-electron chi connectivity index (χ0n) is 26.6. The van der Waals surface area contributed by atoms with Crippen LogP contribution >= 0.6 is 0 Å². The zero-order chi connectivity index (χ0) is 35.6. The van der Waals surface area contributed by atoms with Crippen LogP contribution in [0.5, 0.6) is 0 Å². The van der Waals surface area contributed by atoms with Gasteiger partial charge in [-0.15, -0.1) is 10.2 Å². The zero-order valence-corrected chi connectivity index (χ0v) is 26.6. The molecule has 2 atom stereocenters. The van der Waals surface area contributed by atoms with Crippen LogP contribution in [-0.4, -0.2) is 63.1 Å². The normalized spacial score (nSPS) is 12.2. The van der Waals surface area contributed by atoms with E-state index in [1.807, 2.05) is 12.1 Å². The van der Waals surface area contributed by atoms with E-state index in [0.717, 1.165) is 0 Å². The number of nitrogens with zero attached hydrogens (tertiary/aromatic N) is 14. The SMILES string of the molecule is C=C(Nc1ccc(NC(=C)C(N=Nc2c(C#N)cnn2-c2ncccn2)C(C)=O)cc1)C(N=Nc1c(C#N)cnn1-c1ncccn1)C(C)=O. The molecule has 1 aromatic carbocycles. The van der Waals surface area contributed by atoms with Gasteiger partial charge in [-0.2, -0.15) is 40.3 Å². The Kier molecular flexibility index (Phi) is 10.3. The van der Waals surface area contributed by atoms with Crippen LogP contribution in [0.4, 0.5) is 23.0 Å². The Morgan fingerprint density at radius 3 is 1.38 bits per heavy atom. The van der Waals surface area contributed by atoms with Crippen LogP contribution in [0.3, 0.4) is 0 Å². The molecule has 50 heavy (non-hydrogen) atoms. The van der Waals surface area contributed by atoms with Crippen LogP contribution in [0.15, 0.2) is 119 Å². The van der Waals surface area contributed by atoms with Crippen molar-refractivity contribution in [3.05, 3.63) is 109 Å². The molecule has 18 heteroatoms. The molecule has 0 aliphatic rings. The Morgan fingerprint density at radius 2 is 1.06 bits per heavy atom. The van der Waals surface area contributed by atoms with Crippen molar-refractivity contribution in [1.82, 2.24) is 39.5 Å². The van der Waals surface area contributed by atoms with E-state index in [0.29, 0.717) is 11.4 Å². The first kappa shape index (κ1) is 33.8. The number of rotatable bonds is 14. The van der Waals surface area contributed by atoms with Gasteiger partial charge in [-0.3, -0.25) is 9.59 Å². The fourth-order valence-electron chi connectivity index (χ4n) is 4.29. The van der Waals surface area contributed by atoms with E-state index in [2.05, 4.69) is 74.4 Å². The van der Waals surface area contributed by atoms with Crippen LogP contribution < -0.4 is 10.6 Å². The topological polar surface area (TPSA) is 242 Å². The van der Waals surface area contributed by atoms with Gasteiger partial charge in [0.25, 0.3) is 11.9 Å². The molecule has 0 saturated heterocycles. The third-order valence-corrected chi connectivity index (χ3v) is 6.67. The van der Waals surface area contributed by atoms with Crippen LogP contribution in [0.1, 0.15) is 25.0 Å². The number of benzene rings is 1. The fourth-order valence-corrected chi connectivity index (χ4v) is 4.29. The van der Waals surface area contributed by atoms with Crippen molar-refractivity contribution in [2.75, 3.05) is 10.6 Å². The Bertz CT molecular complexity index is 2030. The van der Waals surface area contributed by atoms with Gasteiger partial charge in [0, 0.05) is 47.6 Å². The second kappa shape index (κ2) is 15.3. The first-order chi connectivity index (χ1) is 24.2. The standard InChI is InChI=1S/C32H26N16O2/c1-19(27(21(3)49)43-45-29-23(15-33)17-39-47(29)31-35-11-5-12-36-31)41-25-7-9-26(10-8-25)42-20(2)28(22(4)50)44-46-30-24(16-34)18-40-48(30)32-37-13-6-14-38-32/h5-14,17-18,27-28,41-42H,1-2H2,3-4H3. The Balaban J connectivity index is 1.27. The number of nitrogens with one attached hydrogen (secondary N) is 2. The van der Waals surface area contributed by atoms with Crippen molar-refractivity contribution in [2.24, 2.45) is 20.5 Å². The quantitative estimate of drug-likeness (QED) is 0.153. The highest BCUT2D eigenvalue weighted by Crippen LogP contribution is 2.25. The average Bonchev–Trinajstić information content (AvgIpc) is 3.73. The number of azo groups is 2. The molecular weight excluding hydrogens is 640 g/mol. The van der Waals surface area contributed by atoms with E-state index >= 15 is 0 Å². The predicted octanol–water partition coefficient (Wildman–Crippen LogP) is 4.72. The minimum absolute atomic E-state index is 0.0538. The van der Waals surface area contributed by atoms with Crippen LogP contribution in [0, 0.1) is 22.7 Å². The summed E-state index contributed by atoms with van der Waals surface area (Å²) in [6, 6.07) is 11.8. The predicted molar refractivity (Wildman–Crippen MR) is 178 cm³/mol. The highest BCUT2D eigenvalue weighted by atomic mass is 16.1. The molecule has 0 aliphatic carbocycles. The summed E-state index contributed by atoms with van der Waals surface area (Å²) >= 11 is 0. The summed E-state index contributed by atoms with van der Waals surface area (Å²) in [7, 11) is 0. The van der Waals surface area contributed by atoms with E-state index < -0.39 is 12.1 Å². The van der Waals surface area contributed by atoms with Crippen LogP contribution in [0.2, 0.25) is 0 Å².